The number of aliphatic carboxylic acids is 2. The van der Waals surface area contributed by atoms with Crippen molar-refractivity contribution < 1.29 is 24.5 Å². The van der Waals surface area contributed by atoms with Crippen LogP contribution < -0.4 is 4.74 Å². The number of hydrogen-bond donors (Lipinski definition) is 2. The van der Waals surface area contributed by atoms with Crippen LogP contribution in [0.4, 0.5) is 11.4 Å². The van der Waals surface area contributed by atoms with Crippen LogP contribution in [-0.4, -0.2) is 28.8 Å². The molecule has 1 saturated carbocycles. The van der Waals surface area contributed by atoms with Gasteiger partial charge in [0.15, 0.2) is 0 Å². The van der Waals surface area contributed by atoms with Gasteiger partial charge in [-0.25, -0.2) is 0 Å². The van der Waals surface area contributed by atoms with E-state index in [1.165, 1.54) is 0 Å². The van der Waals surface area contributed by atoms with E-state index in [0.717, 1.165) is 82.8 Å². The molecule has 0 radical (unpaired) electrons. The van der Waals surface area contributed by atoms with E-state index in [-0.39, 0.29) is 12.3 Å². The molecule has 8 heteroatoms. The number of benzene rings is 2. The molecule has 2 atom stereocenters. The summed E-state index contributed by atoms with van der Waals surface area (Å²) in [4.78, 5) is 23.0. The van der Waals surface area contributed by atoms with Crippen LogP contribution in [0.2, 0.25) is 0 Å². The first-order chi connectivity index (χ1) is 19.4. The van der Waals surface area contributed by atoms with E-state index in [9.17, 15) is 14.7 Å². The summed E-state index contributed by atoms with van der Waals surface area (Å²) in [6.07, 6.45) is 12.0. The zero-order chi connectivity index (χ0) is 28.6. The number of nitriles is 1. The predicted octanol–water partition coefficient (Wildman–Crippen LogP) is 8.60. The van der Waals surface area contributed by atoms with Gasteiger partial charge in [0.25, 0.3) is 0 Å². The van der Waals surface area contributed by atoms with Gasteiger partial charge in [0, 0.05) is 6.42 Å². The number of azo groups is 1. The lowest BCUT2D eigenvalue weighted by atomic mass is 9.72. The quantitative estimate of drug-likeness (QED) is 0.142. The maximum Gasteiger partial charge on any atom is 0.309 e. The van der Waals surface area contributed by atoms with Crippen molar-refractivity contribution in [1.29, 1.82) is 5.26 Å². The maximum absolute atomic E-state index is 12.3. The smallest absolute Gasteiger partial charge is 0.309 e. The van der Waals surface area contributed by atoms with Crippen LogP contribution in [0, 0.1) is 22.7 Å². The second-order valence-electron chi connectivity index (χ2n) is 10.8. The van der Waals surface area contributed by atoms with Crippen molar-refractivity contribution in [2.24, 2.45) is 21.6 Å². The molecule has 8 nitrogen and oxygen atoms in total. The monoisotopic (exact) mass is 547 g/mol. The molecule has 1 aliphatic rings. The highest BCUT2D eigenvalue weighted by Gasteiger charge is 2.47. The van der Waals surface area contributed by atoms with Crippen molar-refractivity contribution in [3.8, 4) is 11.8 Å². The Morgan fingerprint density at radius 3 is 2.15 bits per heavy atom. The van der Waals surface area contributed by atoms with Gasteiger partial charge in [-0.15, -0.1) is 0 Å². The van der Waals surface area contributed by atoms with E-state index in [0.29, 0.717) is 30.0 Å². The Kier molecular flexibility index (Phi) is 12.6. The standard InChI is InChI=1S/C32H41N3O5/c33-24-25-13-15-27(16-14-25)34-35-28-17-19-29(20-18-28)40-23-8-4-3-7-21-32(31(38)39)22-9-11-26(32)10-5-1-2-6-12-30(36)37/h13-20,26H,1-12,21-23H2,(H,36,37)(H,38,39). The van der Waals surface area contributed by atoms with E-state index in [4.69, 9.17) is 15.1 Å². The third kappa shape index (κ3) is 9.78. The highest BCUT2D eigenvalue weighted by atomic mass is 16.5. The van der Waals surface area contributed by atoms with E-state index in [1.54, 1.807) is 24.3 Å². The number of unbranched alkanes of at least 4 members (excludes halogenated alkanes) is 6. The molecule has 214 valence electrons. The minimum atomic E-state index is -0.748. The van der Waals surface area contributed by atoms with Gasteiger partial charge >= 0.3 is 11.9 Å². The van der Waals surface area contributed by atoms with Crippen molar-refractivity contribution in [3.63, 3.8) is 0 Å². The Morgan fingerprint density at radius 1 is 0.875 bits per heavy atom. The third-order valence-electron chi connectivity index (χ3n) is 7.98. The van der Waals surface area contributed by atoms with Gasteiger partial charge in [0.05, 0.1) is 35.0 Å². The van der Waals surface area contributed by atoms with E-state index in [2.05, 4.69) is 16.3 Å². The Bertz CT molecular complexity index is 1140. The van der Waals surface area contributed by atoms with Crippen LogP contribution in [0.1, 0.15) is 95.5 Å². The minimum absolute atomic E-state index is 0.217. The van der Waals surface area contributed by atoms with Crippen LogP contribution in [0.3, 0.4) is 0 Å². The fourth-order valence-corrected chi connectivity index (χ4v) is 5.72. The van der Waals surface area contributed by atoms with E-state index >= 15 is 0 Å². The third-order valence-corrected chi connectivity index (χ3v) is 7.98. The van der Waals surface area contributed by atoms with Crippen molar-refractivity contribution in [2.75, 3.05) is 6.61 Å². The molecule has 0 amide bonds. The Hall–Kier alpha value is -3.73. The molecular weight excluding hydrogens is 506 g/mol. The zero-order valence-electron chi connectivity index (χ0n) is 23.3. The average Bonchev–Trinajstić information content (AvgIpc) is 3.37. The fourth-order valence-electron chi connectivity index (χ4n) is 5.72. The molecule has 0 aromatic heterocycles. The number of rotatable bonds is 18. The Labute approximate surface area is 237 Å². The first kappa shape index (κ1) is 30.8. The topological polar surface area (TPSA) is 132 Å². The molecule has 0 heterocycles. The van der Waals surface area contributed by atoms with Gasteiger partial charge in [-0.05, 0) is 93.0 Å². The molecule has 0 saturated heterocycles. The van der Waals surface area contributed by atoms with Crippen molar-refractivity contribution >= 4 is 23.3 Å². The molecule has 40 heavy (non-hydrogen) atoms. The zero-order valence-corrected chi connectivity index (χ0v) is 23.3. The summed E-state index contributed by atoms with van der Waals surface area (Å²) in [5, 5.41) is 36.1. The molecule has 0 aliphatic heterocycles. The van der Waals surface area contributed by atoms with Crippen LogP contribution >= 0.6 is 0 Å². The summed E-state index contributed by atoms with van der Waals surface area (Å²) in [6, 6.07) is 16.4. The van der Waals surface area contributed by atoms with Gasteiger partial charge in [-0.2, -0.15) is 15.5 Å². The van der Waals surface area contributed by atoms with Crippen LogP contribution in [-0.2, 0) is 9.59 Å². The van der Waals surface area contributed by atoms with Gasteiger partial charge in [-0.3, -0.25) is 9.59 Å². The van der Waals surface area contributed by atoms with Crippen molar-refractivity contribution in [3.05, 3.63) is 54.1 Å². The first-order valence-electron chi connectivity index (χ1n) is 14.5. The lowest BCUT2D eigenvalue weighted by Crippen LogP contribution is -2.35. The van der Waals surface area contributed by atoms with Crippen molar-refractivity contribution in [1.82, 2.24) is 0 Å². The summed E-state index contributed by atoms with van der Waals surface area (Å²) >= 11 is 0. The summed E-state index contributed by atoms with van der Waals surface area (Å²) < 4.78 is 5.86. The number of nitrogens with zero attached hydrogens (tertiary/aromatic N) is 3. The normalized spacial score (nSPS) is 18.5. The highest BCUT2D eigenvalue weighted by molar-refractivity contribution is 5.75. The highest BCUT2D eigenvalue weighted by Crippen LogP contribution is 2.49. The minimum Gasteiger partial charge on any atom is -0.494 e. The largest absolute Gasteiger partial charge is 0.494 e. The SMILES string of the molecule is N#Cc1ccc(N=Nc2ccc(OCCCCCCC3(C(=O)O)CCCC3CCCCCCC(=O)O)cc2)cc1. The van der Waals surface area contributed by atoms with Gasteiger partial charge in [0.2, 0.25) is 0 Å². The number of ether oxygens (including phenoxy) is 1. The second-order valence-corrected chi connectivity index (χ2v) is 10.8. The molecule has 3 rings (SSSR count). The number of carboxylic acids is 2. The van der Waals surface area contributed by atoms with Crippen molar-refractivity contribution in [2.45, 2.75) is 89.9 Å². The molecule has 0 bridgehead atoms. The number of carbonyl (C=O) groups is 2. The average molecular weight is 548 g/mol. The van der Waals surface area contributed by atoms with Crippen LogP contribution in [0.5, 0.6) is 5.75 Å². The summed E-state index contributed by atoms with van der Waals surface area (Å²) in [7, 11) is 0. The fraction of sp³-hybridized carbons (Fsp3) is 0.531. The second kappa shape index (κ2) is 16.4. The number of hydrogen-bond acceptors (Lipinski definition) is 6. The predicted molar refractivity (Wildman–Crippen MR) is 153 cm³/mol. The molecule has 2 aromatic carbocycles. The molecule has 1 aliphatic carbocycles. The molecule has 0 spiro atoms. The summed E-state index contributed by atoms with van der Waals surface area (Å²) in [5.41, 5.74) is 1.40. The summed E-state index contributed by atoms with van der Waals surface area (Å²) in [6.45, 7) is 0.612. The molecule has 2 N–H and O–H groups in total. The molecule has 2 unspecified atom stereocenters. The first-order valence-corrected chi connectivity index (χ1v) is 14.5. The lowest BCUT2D eigenvalue weighted by molar-refractivity contribution is -0.152. The van der Waals surface area contributed by atoms with Crippen LogP contribution in [0.25, 0.3) is 0 Å². The lowest BCUT2D eigenvalue weighted by Gasteiger charge is -2.31. The van der Waals surface area contributed by atoms with Gasteiger partial charge < -0.3 is 14.9 Å². The van der Waals surface area contributed by atoms with Crippen LogP contribution in [0.15, 0.2) is 58.8 Å². The van der Waals surface area contributed by atoms with Gasteiger partial charge in [0.1, 0.15) is 5.75 Å². The van der Waals surface area contributed by atoms with Gasteiger partial charge in [-0.1, -0.05) is 44.9 Å². The number of carboxylic acid groups (broad SMARTS) is 2. The van der Waals surface area contributed by atoms with E-state index in [1.807, 2.05) is 24.3 Å². The van der Waals surface area contributed by atoms with E-state index < -0.39 is 17.4 Å². The maximum atomic E-state index is 12.3. The Balaban J connectivity index is 1.32. The molecule has 1 fully saturated rings. The molecule has 2 aromatic rings. The Morgan fingerprint density at radius 2 is 1.50 bits per heavy atom. The molecular formula is C32H41N3O5. The summed E-state index contributed by atoms with van der Waals surface area (Å²) in [5.74, 6) is -0.371.